The van der Waals surface area contributed by atoms with Crippen LogP contribution in [0.5, 0.6) is 0 Å². The Morgan fingerprint density at radius 3 is 2.54 bits per heavy atom. The maximum Gasteiger partial charge on any atom is 0.344 e. The van der Waals surface area contributed by atoms with Crippen LogP contribution in [-0.4, -0.2) is 26.7 Å². The highest BCUT2D eigenvalue weighted by Crippen LogP contribution is 2.14. The summed E-state index contributed by atoms with van der Waals surface area (Å²) in [6.45, 7) is 0.481. The molecule has 2 aromatic rings. The van der Waals surface area contributed by atoms with Crippen LogP contribution in [0.1, 0.15) is 16.7 Å². The molecule has 5 N–H and O–H groups in total. The maximum absolute atomic E-state index is 11.7. The van der Waals surface area contributed by atoms with Crippen molar-refractivity contribution in [1.29, 1.82) is 0 Å². The predicted molar refractivity (Wildman–Crippen MR) is 88.7 cm³/mol. The Balaban J connectivity index is 1.64. The van der Waals surface area contributed by atoms with E-state index in [1.54, 1.807) is 29.5 Å². The van der Waals surface area contributed by atoms with Crippen LogP contribution in [0.4, 0.5) is 0 Å². The van der Waals surface area contributed by atoms with Crippen molar-refractivity contribution in [3.63, 3.8) is 0 Å². The van der Waals surface area contributed by atoms with E-state index in [2.05, 4.69) is 10.4 Å². The Morgan fingerprint density at radius 1 is 1.21 bits per heavy atom. The first-order valence-electron chi connectivity index (χ1n) is 7.47. The summed E-state index contributed by atoms with van der Waals surface area (Å²) in [5.41, 5.74) is 9.52. The lowest BCUT2D eigenvalue weighted by Gasteiger charge is -2.23. The van der Waals surface area contributed by atoms with Crippen molar-refractivity contribution in [2.24, 2.45) is 5.73 Å². The monoisotopic (exact) mass is 326 g/mol. The van der Waals surface area contributed by atoms with Gasteiger partial charge in [0.25, 0.3) is 5.56 Å². The third-order valence-electron chi connectivity index (χ3n) is 3.87. The van der Waals surface area contributed by atoms with E-state index in [1.807, 2.05) is 24.3 Å². The zero-order valence-electron chi connectivity index (χ0n) is 12.9. The van der Waals surface area contributed by atoms with Crippen LogP contribution in [0, 0.1) is 0 Å². The number of benzene rings is 1. The van der Waals surface area contributed by atoms with Crippen molar-refractivity contribution in [1.82, 2.24) is 15.4 Å². The number of aromatic nitrogens is 1. The van der Waals surface area contributed by atoms with Crippen LogP contribution in [0.25, 0.3) is 0 Å². The summed E-state index contributed by atoms with van der Waals surface area (Å²) >= 11 is 0. The second kappa shape index (κ2) is 6.31. The smallest absolute Gasteiger partial charge is 0.344 e. The average molecular weight is 326 g/mol. The SMILES string of the molecule is NC1(C(=O)O)C=CN(Cc2ccc(Cc3ccc[nH]c3=O)cc2)N1. The fraction of sp³-hybridized carbons (Fsp3) is 0.176. The minimum absolute atomic E-state index is 0.0825. The van der Waals surface area contributed by atoms with Crippen LogP contribution in [0.2, 0.25) is 0 Å². The van der Waals surface area contributed by atoms with Gasteiger partial charge in [-0.25, -0.2) is 10.2 Å². The van der Waals surface area contributed by atoms with Gasteiger partial charge in [0.05, 0.1) is 6.54 Å². The van der Waals surface area contributed by atoms with Gasteiger partial charge in [0, 0.05) is 24.4 Å². The second-order valence-electron chi connectivity index (χ2n) is 5.75. The molecule has 0 spiro atoms. The summed E-state index contributed by atoms with van der Waals surface area (Å²) in [6, 6.07) is 11.4. The molecular weight excluding hydrogens is 308 g/mol. The van der Waals surface area contributed by atoms with Gasteiger partial charge in [0.2, 0.25) is 5.66 Å². The van der Waals surface area contributed by atoms with E-state index in [1.165, 1.54) is 6.08 Å². The van der Waals surface area contributed by atoms with Gasteiger partial charge in [-0.3, -0.25) is 10.5 Å². The van der Waals surface area contributed by atoms with Gasteiger partial charge in [-0.15, -0.1) is 0 Å². The normalized spacial score (nSPS) is 19.6. The molecule has 0 aliphatic carbocycles. The topological polar surface area (TPSA) is 111 Å². The van der Waals surface area contributed by atoms with Crippen molar-refractivity contribution < 1.29 is 9.90 Å². The van der Waals surface area contributed by atoms with Crippen LogP contribution in [0.15, 0.2) is 59.7 Å². The lowest BCUT2D eigenvalue weighted by Crippen LogP contribution is -2.58. The molecule has 0 amide bonds. The molecule has 1 aliphatic heterocycles. The van der Waals surface area contributed by atoms with Crippen LogP contribution < -0.4 is 16.7 Å². The number of carbonyl (C=O) groups is 1. The molecule has 2 heterocycles. The first-order valence-corrected chi connectivity index (χ1v) is 7.47. The second-order valence-corrected chi connectivity index (χ2v) is 5.75. The van der Waals surface area contributed by atoms with Gasteiger partial charge in [0.15, 0.2) is 0 Å². The van der Waals surface area contributed by atoms with Crippen LogP contribution >= 0.6 is 0 Å². The molecule has 7 nitrogen and oxygen atoms in total. The van der Waals surface area contributed by atoms with Gasteiger partial charge < -0.3 is 15.1 Å². The highest BCUT2D eigenvalue weighted by molar-refractivity contribution is 5.80. The van der Waals surface area contributed by atoms with Gasteiger partial charge in [-0.2, -0.15) is 0 Å². The number of rotatable bonds is 5. The number of carboxylic acid groups (broad SMARTS) is 1. The summed E-state index contributed by atoms with van der Waals surface area (Å²) in [7, 11) is 0. The molecule has 1 aromatic carbocycles. The highest BCUT2D eigenvalue weighted by atomic mass is 16.4. The predicted octanol–water partition coefficient (Wildman–Crippen LogP) is 0.539. The third-order valence-corrected chi connectivity index (χ3v) is 3.87. The molecule has 0 bridgehead atoms. The quantitative estimate of drug-likeness (QED) is 0.638. The minimum Gasteiger partial charge on any atom is -0.479 e. The molecule has 1 aliphatic rings. The van der Waals surface area contributed by atoms with E-state index in [0.29, 0.717) is 18.5 Å². The number of hydrogen-bond acceptors (Lipinski definition) is 5. The molecule has 124 valence electrons. The lowest BCUT2D eigenvalue weighted by atomic mass is 10.0. The Kier molecular flexibility index (Phi) is 4.20. The number of carboxylic acids is 1. The molecule has 3 rings (SSSR count). The first-order chi connectivity index (χ1) is 11.5. The fourth-order valence-corrected chi connectivity index (χ4v) is 2.51. The van der Waals surface area contributed by atoms with Crippen LogP contribution in [0.3, 0.4) is 0 Å². The Hall–Kier alpha value is -2.90. The summed E-state index contributed by atoms with van der Waals surface area (Å²) in [5.74, 6) is -1.13. The first kappa shape index (κ1) is 16.0. The van der Waals surface area contributed by atoms with E-state index in [9.17, 15) is 9.59 Å². The zero-order chi connectivity index (χ0) is 17.2. The molecule has 1 atom stereocenters. The molecule has 24 heavy (non-hydrogen) atoms. The number of H-pyrrole nitrogens is 1. The number of nitrogens with two attached hydrogens (primary N) is 1. The summed E-state index contributed by atoms with van der Waals surface area (Å²) < 4.78 is 0. The van der Waals surface area contributed by atoms with Gasteiger partial charge in [0.1, 0.15) is 0 Å². The molecular formula is C17H18N4O3. The fourth-order valence-electron chi connectivity index (χ4n) is 2.51. The van der Waals surface area contributed by atoms with E-state index in [0.717, 1.165) is 11.1 Å². The molecule has 7 heteroatoms. The van der Waals surface area contributed by atoms with Gasteiger partial charge in [-0.05, 0) is 23.3 Å². The van der Waals surface area contributed by atoms with Crippen LogP contribution in [-0.2, 0) is 17.8 Å². The molecule has 0 saturated carbocycles. The number of aliphatic carboxylic acids is 1. The molecule has 1 aromatic heterocycles. The lowest BCUT2D eigenvalue weighted by molar-refractivity contribution is -0.143. The van der Waals surface area contributed by atoms with E-state index in [-0.39, 0.29) is 5.56 Å². The van der Waals surface area contributed by atoms with E-state index >= 15 is 0 Å². The Labute approximate surface area is 138 Å². The Morgan fingerprint density at radius 2 is 1.92 bits per heavy atom. The number of aromatic amines is 1. The number of pyridine rings is 1. The number of nitrogens with zero attached hydrogens (tertiary/aromatic N) is 1. The summed E-state index contributed by atoms with van der Waals surface area (Å²) in [5, 5.41) is 10.7. The van der Waals surface area contributed by atoms with E-state index in [4.69, 9.17) is 10.8 Å². The number of hydrogen-bond donors (Lipinski definition) is 4. The molecule has 1 unspecified atom stereocenters. The van der Waals surface area contributed by atoms with Crippen molar-refractivity contribution in [3.05, 3.63) is 81.9 Å². The Bertz CT molecular complexity index is 828. The van der Waals surface area contributed by atoms with Gasteiger partial charge in [-0.1, -0.05) is 30.3 Å². The maximum atomic E-state index is 11.7. The summed E-state index contributed by atoms with van der Waals surface area (Å²) in [4.78, 5) is 25.4. The van der Waals surface area contributed by atoms with Crippen molar-refractivity contribution in [2.75, 3.05) is 0 Å². The van der Waals surface area contributed by atoms with Crippen molar-refractivity contribution in [2.45, 2.75) is 18.6 Å². The largest absolute Gasteiger partial charge is 0.479 e. The minimum atomic E-state index is -1.56. The molecule has 0 saturated heterocycles. The summed E-state index contributed by atoms with van der Waals surface area (Å²) in [6.07, 6.45) is 5.19. The number of nitrogens with one attached hydrogen (secondary N) is 2. The molecule has 0 fully saturated rings. The third kappa shape index (κ3) is 3.37. The average Bonchev–Trinajstić information content (AvgIpc) is 2.94. The van der Waals surface area contributed by atoms with Crippen molar-refractivity contribution >= 4 is 5.97 Å². The number of hydrazine groups is 1. The van der Waals surface area contributed by atoms with Crippen molar-refractivity contribution in [3.8, 4) is 0 Å². The van der Waals surface area contributed by atoms with E-state index < -0.39 is 11.6 Å². The standard InChI is InChI=1S/C17H18N4O3/c18-17(16(23)24)7-9-21(20-17)11-13-5-3-12(4-6-13)10-14-2-1-8-19-15(14)22/h1-9,20H,10-11,18H2,(H,19,22)(H,23,24). The molecule has 0 radical (unpaired) electrons. The highest BCUT2D eigenvalue weighted by Gasteiger charge is 2.36. The van der Waals surface area contributed by atoms with Gasteiger partial charge >= 0.3 is 5.97 Å². The zero-order valence-corrected chi connectivity index (χ0v) is 12.9.